The van der Waals surface area contributed by atoms with Gasteiger partial charge in [-0.1, -0.05) is 6.07 Å². The summed E-state index contributed by atoms with van der Waals surface area (Å²) in [4.78, 5) is 15.6. The monoisotopic (exact) mass is 346 g/mol. The summed E-state index contributed by atoms with van der Waals surface area (Å²) < 4.78 is 10.9. The maximum absolute atomic E-state index is 12.4. The molecule has 1 aliphatic heterocycles. The third-order valence-corrected chi connectivity index (χ3v) is 5.09. The zero-order valence-corrected chi connectivity index (χ0v) is 14.8. The lowest BCUT2D eigenvalue weighted by Crippen LogP contribution is -2.42. The van der Waals surface area contributed by atoms with Gasteiger partial charge in [0.15, 0.2) is 11.5 Å². The Bertz CT molecular complexity index is 714. The van der Waals surface area contributed by atoms with Crippen molar-refractivity contribution in [1.29, 1.82) is 0 Å². The zero-order valence-electron chi connectivity index (χ0n) is 14.0. The van der Waals surface area contributed by atoms with Crippen LogP contribution in [-0.4, -0.2) is 31.2 Å². The van der Waals surface area contributed by atoms with Gasteiger partial charge in [0.1, 0.15) is 0 Å². The molecule has 5 nitrogen and oxygen atoms in total. The smallest absolute Gasteiger partial charge is 0.317 e. The largest absolute Gasteiger partial charge is 0.493 e. The molecule has 24 heavy (non-hydrogen) atoms. The molecule has 0 atom stereocenters. The van der Waals surface area contributed by atoms with Crippen LogP contribution in [0.15, 0.2) is 29.6 Å². The molecule has 2 amide bonds. The second-order valence-electron chi connectivity index (χ2n) is 5.62. The van der Waals surface area contributed by atoms with Crippen LogP contribution in [0.2, 0.25) is 0 Å². The van der Waals surface area contributed by atoms with Crippen molar-refractivity contribution in [2.75, 3.05) is 20.3 Å². The van der Waals surface area contributed by atoms with Crippen molar-refractivity contribution in [3.63, 3.8) is 0 Å². The average molecular weight is 346 g/mol. The van der Waals surface area contributed by atoms with E-state index >= 15 is 0 Å². The highest BCUT2D eigenvalue weighted by molar-refractivity contribution is 7.10. The fourth-order valence-corrected chi connectivity index (χ4v) is 3.70. The number of nitrogens with one attached hydrogen (secondary N) is 1. The SMILES string of the molecule is CCOc1ccc(CNC(=O)N2CCc3sccc3C2)cc1OC. The van der Waals surface area contributed by atoms with Gasteiger partial charge in [0.25, 0.3) is 0 Å². The van der Waals surface area contributed by atoms with Crippen LogP contribution in [0.25, 0.3) is 0 Å². The van der Waals surface area contributed by atoms with Crippen LogP contribution in [0.3, 0.4) is 0 Å². The van der Waals surface area contributed by atoms with E-state index in [0.29, 0.717) is 25.4 Å². The van der Waals surface area contributed by atoms with E-state index in [4.69, 9.17) is 9.47 Å². The number of amides is 2. The lowest BCUT2D eigenvalue weighted by atomic mass is 10.1. The maximum Gasteiger partial charge on any atom is 0.317 e. The summed E-state index contributed by atoms with van der Waals surface area (Å²) in [6.45, 7) is 4.45. The molecular formula is C18H22N2O3S. The van der Waals surface area contributed by atoms with Crippen molar-refractivity contribution in [3.8, 4) is 11.5 Å². The van der Waals surface area contributed by atoms with Crippen LogP contribution in [-0.2, 0) is 19.5 Å². The number of urea groups is 1. The van der Waals surface area contributed by atoms with Crippen LogP contribution >= 0.6 is 11.3 Å². The first-order valence-corrected chi connectivity index (χ1v) is 8.97. The van der Waals surface area contributed by atoms with Gasteiger partial charge in [-0.2, -0.15) is 0 Å². The number of hydrogen-bond acceptors (Lipinski definition) is 4. The van der Waals surface area contributed by atoms with Gasteiger partial charge in [-0.3, -0.25) is 0 Å². The minimum absolute atomic E-state index is 0.0281. The number of carbonyl (C=O) groups excluding carboxylic acids is 1. The fourth-order valence-electron chi connectivity index (χ4n) is 2.81. The van der Waals surface area contributed by atoms with Crippen LogP contribution < -0.4 is 14.8 Å². The highest BCUT2D eigenvalue weighted by atomic mass is 32.1. The minimum atomic E-state index is -0.0281. The van der Waals surface area contributed by atoms with E-state index in [2.05, 4.69) is 16.8 Å². The number of methoxy groups -OCH3 is 1. The van der Waals surface area contributed by atoms with Gasteiger partial charge in [-0.25, -0.2) is 4.79 Å². The average Bonchev–Trinajstić information content (AvgIpc) is 3.08. The molecule has 0 aliphatic carbocycles. The Labute approximate surface area is 146 Å². The van der Waals surface area contributed by atoms with Gasteiger partial charge < -0.3 is 19.7 Å². The van der Waals surface area contributed by atoms with E-state index in [0.717, 1.165) is 24.3 Å². The van der Waals surface area contributed by atoms with E-state index in [-0.39, 0.29) is 6.03 Å². The van der Waals surface area contributed by atoms with E-state index in [1.165, 1.54) is 10.4 Å². The molecule has 0 fully saturated rings. The van der Waals surface area contributed by atoms with Crippen molar-refractivity contribution in [2.24, 2.45) is 0 Å². The first kappa shape index (κ1) is 16.6. The van der Waals surface area contributed by atoms with E-state index in [1.54, 1.807) is 18.4 Å². The Morgan fingerprint density at radius 2 is 2.21 bits per heavy atom. The highest BCUT2D eigenvalue weighted by Crippen LogP contribution is 2.28. The van der Waals surface area contributed by atoms with Gasteiger partial charge in [0.2, 0.25) is 0 Å². The standard InChI is InChI=1S/C18H22N2O3S/c1-3-23-15-5-4-13(10-16(15)22-2)11-19-18(21)20-8-6-17-14(12-20)7-9-24-17/h4-5,7,9-10H,3,6,8,11-12H2,1-2H3,(H,19,21). The topological polar surface area (TPSA) is 50.8 Å². The van der Waals surface area contributed by atoms with Gasteiger partial charge in [0.05, 0.1) is 13.7 Å². The number of nitrogens with zero attached hydrogens (tertiary/aromatic N) is 1. The molecule has 128 valence electrons. The van der Waals surface area contributed by atoms with Crippen LogP contribution in [0.1, 0.15) is 22.9 Å². The summed E-state index contributed by atoms with van der Waals surface area (Å²) in [5.74, 6) is 1.40. The summed E-state index contributed by atoms with van der Waals surface area (Å²) in [7, 11) is 1.62. The van der Waals surface area contributed by atoms with E-state index in [9.17, 15) is 4.79 Å². The maximum atomic E-state index is 12.4. The molecule has 2 aromatic rings. The van der Waals surface area contributed by atoms with E-state index < -0.39 is 0 Å². The number of benzene rings is 1. The van der Waals surface area contributed by atoms with Gasteiger partial charge in [-0.05, 0) is 48.1 Å². The molecule has 1 N–H and O–H groups in total. The van der Waals surface area contributed by atoms with E-state index in [1.807, 2.05) is 30.0 Å². The Kier molecular flexibility index (Phi) is 5.25. The Hall–Kier alpha value is -2.21. The molecule has 0 saturated heterocycles. The second kappa shape index (κ2) is 7.57. The van der Waals surface area contributed by atoms with Crippen LogP contribution in [0, 0.1) is 0 Å². The molecule has 0 spiro atoms. The summed E-state index contributed by atoms with van der Waals surface area (Å²) >= 11 is 1.77. The van der Waals surface area contributed by atoms with Crippen molar-refractivity contribution in [1.82, 2.24) is 10.2 Å². The number of rotatable bonds is 5. The molecule has 3 rings (SSSR count). The Morgan fingerprint density at radius 1 is 1.33 bits per heavy atom. The molecule has 6 heteroatoms. The molecule has 0 unspecified atom stereocenters. The van der Waals surface area contributed by atoms with Crippen molar-refractivity contribution >= 4 is 17.4 Å². The third kappa shape index (κ3) is 3.64. The molecule has 0 saturated carbocycles. The lowest BCUT2D eigenvalue weighted by Gasteiger charge is -2.27. The summed E-state index contributed by atoms with van der Waals surface area (Å²) in [5, 5.41) is 5.08. The lowest BCUT2D eigenvalue weighted by molar-refractivity contribution is 0.192. The van der Waals surface area contributed by atoms with Gasteiger partial charge >= 0.3 is 6.03 Å². The Balaban J connectivity index is 1.58. The molecule has 0 bridgehead atoms. The first-order chi connectivity index (χ1) is 11.7. The van der Waals surface area contributed by atoms with Gasteiger partial charge in [-0.15, -0.1) is 11.3 Å². The number of fused-ring (bicyclic) bond motifs is 1. The summed E-state index contributed by atoms with van der Waals surface area (Å²) in [5.41, 5.74) is 2.25. The quantitative estimate of drug-likeness (QED) is 0.902. The predicted molar refractivity (Wildman–Crippen MR) is 94.8 cm³/mol. The van der Waals surface area contributed by atoms with Crippen LogP contribution in [0.4, 0.5) is 4.79 Å². The number of carbonyl (C=O) groups is 1. The zero-order chi connectivity index (χ0) is 16.9. The molecule has 1 aromatic carbocycles. The summed E-state index contributed by atoms with van der Waals surface area (Å²) in [6.07, 6.45) is 0.942. The number of hydrogen-bond donors (Lipinski definition) is 1. The molecule has 0 radical (unpaired) electrons. The normalized spacial score (nSPS) is 13.3. The number of ether oxygens (including phenoxy) is 2. The summed E-state index contributed by atoms with van der Waals surface area (Å²) in [6, 6.07) is 7.80. The highest BCUT2D eigenvalue weighted by Gasteiger charge is 2.21. The predicted octanol–water partition coefficient (Wildman–Crippen LogP) is 3.42. The first-order valence-electron chi connectivity index (χ1n) is 8.09. The third-order valence-electron chi connectivity index (χ3n) is 4.07. The van der Waals surface area contributed by atoms with Crippen molar-refractivity contribution < 1.29 is 14.3 Å². The van der Waals surface area contributed by atoms with Crippen molar-refractivity contribution in [2.45, 2.75) is 26.4 Å². The second-order valence-corrected chi connectivity index (χ2v) is 6.62. The van der Waals surface area contributed by atoms with Gasteiger partial charge in [0, 0.05) is 24.5 Å². The fraction of sp³-hybridized carbons (Fsp3) is 0.389. The molecule has 1 aliphatic rings. The van der Waals surface area contributed by atoms with Crippen LogP contribution in [0.5, 0.6) is 11.5 Å². The molecule has 2 heterocycles. The minimum Gasteiger partial charge on any atom is -0.493 e. The number of thiophene rings is 1. The molecule has 1 aromatic heterocycles. The molecular weight excluding hydrogens is 324 g/mol. The van der Waals surface area contributed by atoms with Crippen molar-refractivity contribution in [3.05, 3.63) is 45.6 Å². The Morgan fingerprint density at radius 3 is 3.00 bits per heavy atom.